The molecular formula is C14H16BrFN4O2. The van der Waals surface area contributed by atoms with Gasteiger partial charge in [0.25, 0.3) is 0 Å². The average molecular weight is 371 g/mol. The van der Waals surface area contributed by atoms with Gasteiger partial charge in [0.2, 0.25) is 5.91 Å². The highest BCUT2D eigenvalue weighted by molar-refractivity contribution is 9.10. The second-order valence-corrected chi connectivity index (χ2v) is 5.34. The third-order valence-corrected chi connectivity index (χ3v) is 3.79. The van der Waals surface area contributed by atoms with Gasteiger partial charge in [0, 0.05) is 25.4 Å². The zero-order chi connectivity index (χ0) is 16.4. The second-order valence-electron chi connectivity index (χ2n) is 4.49. The summed E-state index contributed by atoms with van der Waals surface area (Å²) >= 11 is 3.12. The highest BCUT2D eigenvalue weighted by atomic mass is 79.9. The number of fused-ring (bicyclic) bond motifs is 1. The molecule has 3 amide bonds. The minimum absolute atomic E-state index is 0.197. The Morgan fingerprint density at radius 3 is 2.64 bits per heavy atom. The number of imide groups is 1. The highest BCUT2D eigenvalue weighted by Crippen LogP contribution is 2.30. The van der Waals surface area contributed by atoms with Crippen LogP contribution in [0.5, 0.6) is 0 Å². The maximum absolute atomic E-state index is 13.7. The fraction of sp³-hybridized carbons (Fsp3) is 0.357. The summed E-state index contributed by atoms with van der Waals surface area (Å²) < 4.78 is 15.6. The number of nitrogens with one attached hydrogen (secondary N) is 1. The molecule has 118 valence electrons. The van der Waals surface area contributed by atoms with Crippen LogP contribution in [0.2, 0.25) is 0 Å². The molecule has 2 heterocycles. The number of aromatic nitrogens is 2. The van der Waals surface area contributed by atoms with Crippen LogP contribution in [0.25, 0.3) is 10.9 Å². The molecule has 0 atom stereocenters. The number of aryl methyl sites for hydroxylation is 1. The molecule has 22 heavy (non-hydrogen) atoms. The number of carbonyl (C=O) groups excluding carboxylic acids is 2. The fourth-order valence-electron chi connectivity index (χ4n) is 2.20. The van der Waals surface area contributed by atoms with E-state index in [2.05, 4.69) is 26.3 Å². The molecule has 2 aromatic rings. The van der Waals surface area contributed by atoms with Crippen molar-refractivity contribution >= 4 is 44.6 Å². The van der Waals surface area contributed by atoms with Crippen LogP contribution < -0.4 is 10.2 Å². The van der Waals surface area contributed by atoms with Crippen LogP contribution in [0.3, 0.4) is 0 Å². The molecule has 0 spiro atoms. The Kier molecular flexibility index (Phi) is 4.80. The minimum atomic E-state index is -0.537. The zero-order valence-electron chi connectivity index (χ0n) is 12.5. The average Bonchev–Trinajstić information content (AvgIpc) is 2.78. The molecule has 1 aromatic heterocycles. The van der Waals surface area contributed by atoms with Crippen molar-refractivity contribution in [1.29, 1.82) is 0 Å². The van der Waals surface area contributed by atoms with E-state index in [9.17, 15) is 14.0 Å². The molecule has 1 aliphatic rings. The number of nitrogens with zero attached hydrogens (tertiary/aromatic N) is 3. The first kappa shape index (κ1) is 16.4. The standard InChI is InChI=1S/C12H10BrFN4O2.C2H6/c1-17-9-5-7(13)8(14)4-6(9)11(16-17)18-3-2-10(19)15-12(18)20;1-2/h4-5H,2-3H2,1H3,(H,15,19,20);1-2H3. The minimum Gasteiger partial charge on any atom is -0.278 e. The van der Waals surface area contributed by atoms with Crippen molar-refractivity contribution in [3.63, 3.8) is 0 Å². The topological polar surface area (TPSA) is 67.2 Å². The summed E-state index contributed by atoms with van der Waals surface area (Å²) in [5.74, 6) is -0.403. The van der Waals surface area contributed by atoms with Crippen LogP contribution >= 0.6 is 15.9 Å². The van der Waals surface area contributed by atoms with Crippen LogP contribution in [-0.2, 0) is 11.8 Å². The summed E-state index contributed by atoms with van der Waals surface area (Å²) in [7, 11) is 1.71. The van der Waals surface area contributed by atoms with Crippen LogP contribution in [0, 0.1) is 5.82 Å². The summed E-state index contributed by atoms with van der Waals surface area (Å²) in [5, 5.41) is 7.00. The number of hydrogen-bond acceptors (Lipinski definition) is 3. The lowest BCUT2D eigenvalue weighted by molar-refractivity contribution is -0.120. The van der Waals surface area contributed by atoms with Gasteiger partial charge in [-0.05, 0) is 28.1 Å². The normalized spacial score (nSPS) is 14.7. The predicted molar refractivity (Wildman–Crippen MR) is 85.2 cm³/mol. The summed E-state index contributed by atoms with van der Waals surface area (Å²) in [6.07, 6.45) is 0.197. The molecule has 0 bridgehead atoms. The van der Waals surface area contributed by atoms with Crippen molar-refractivity contribution < 1.29 is 14.0 Å². The third kappa shape index (κ3) is 2.83. The maximum atomic E-state index is 13.7. The number of anilines is 1. The predicted octanol–water partition coefficient (Wildman–Crippen LogP) is 2.95. The third-order valence-electron chi connectivity index (χ3n) is 3.18. The molecule has 1 aliphatic heterocycles. The van der Waals surface area contributed by atoms with E-state index in [1.54, 1.807) is 17.8 Å². The molecule has 0 radical (unpaired) electrons. The number of rotatable bonds is 1. The van der Waals surface area contributed by atoms with Crippen molar-refractivity contribution in [3.8, 4) is 0 Å². The van der Waals surface area contributed by atoms with Gasteiger partial charge in [0.1, 0.15) is 5.82 Å². The van der Waals surface area contributed by atoms with E-state index < -0.39 is 11.8 Å². The molecule has 0 unspecified atom stereocenters. The quantitative estimate of drug-likeness (QED) is 0.838. The summed E-state index contributed by atoms with van der Waals surface area (Å²) in [4.78, 5) is 24.4. The van der Waals surface area contributed by atoms with Gasteiger partial charge >= 0.3 is 6.03 Å². The van der Waals surface area contributed by atoms with Gasteiger partial charge in [-0.15, -0.1) is 0 Å². The maximum Gasteiger partial charge on any atom is 0.329 e. The highest BCUT2D eigenvalue weighted by Gasteiger charge is 2.28. The van der Waals surface area contributed by atoms with E-state index in [0.717, 1.165) is 0 Å². The Bertz CT molecular complexity index is 744. The van der Waals surface area contributed by atoms with E-state index in [0.29, 0.717) is 21.2 Å². The van der Waals surface area contributed by atoms with Crippen molar-refractivity contribution in [1.82, 2.24) is 15.1 Å². The van der Waals surface area contributed by atoms with E-state index in [4.69, 9.17) is 0 Å². The van der Waals surface area contributed by atoms with Crippen molar-refractivity contribution in [3.05, 3.63) is 22.4 Å². The van der Waals surface area contributed by atoms with Gasteiger partial charge in [-0.2, -0.15) is 5.10 Å². The van der Waals surface area contributed by atoms with E-state index in [-0.39, 0.29) is 18.9 Å². The van der Waals surface area contributed by atoms with Gasteiger partial charge in [-0.25, -0.2) is 9.18 Å². The fourth-order valence-corrected chi connectivity index (χ4v) is 2.53. The molecule has 1 fully saturated rings. The van der Waals surface area contributed by atoms with Crippen LogP contribution in [0.15, 0.2) is 16.6 Å². The summed E-state index contributed by atoms with van der Waals surface area (Å²) in [6.45, 7) is 4.23. The molecule has 1 N–H and O–H groups in total. The van der Waals surface area contributed by atoms with E-state index >= 15 is 0 Å². The Labute approximate surface area is 135 Å². The van der Waals surface area contributed by atoms with Crippen LogP contribution in [0.4, 0.5) is 15.0 Å². The molecule has 1 aromatic carbocycles. The number of urea groups is 1. The smallest absolute Gasteiger partial charge is 0.278 e. The number of amides is 3. The SMILES string of the molecule is CC.Cn1nc(N2CCC(=O)NC2=O)c2cc(F)c(Br)cc21. The van der Waals surface area contributed by atoms with Gasteiger partial charge < -0.3 is 0 Å². The van der Waals surface area contributed by atoms with Gasteiger partial charge in [0.05, 0.1) is 9.99 Å². The lowest BCUT2D eigenvalue weighted by Gasteiger charge is -2.24. The number of halogens is 2. The first-order chi connectivity index (χ1) is 10.5. The van der Waals surface area contributed by atoms with E-state index in [1.807, 2.05) is 13.8 Å². The number of carbonyl (C=O) groups is 2. The lowest BCUT2D eigenvalue weighted by atomic mass is 10.2. The zero-order valence-corrected chi connectivity index (χ0v) is 14.1. The molecular weight excluding hydrogens is 355 g/mol. The monoisotopic (exact) mass is 370 g/mol. The molecule has 6 nitrogen and oxygen atoms in total. The largest absolute Gasteiger partial charge is 0.329 e. The Morgan fingerprint density at radius 2 is 2.00 bits per heavy atom. The Hall–Kier alpha value is -1.96. The summed E-state index contributed by atoms with van der Waals surface area (Å²) in [6, 6.07) is 2.39. The molecule has 1 saturated heterocycles. The first-order valence-electron chi connectivity index (χ1n) is 6.90. The van der Waals surface area contributed by atoms with Crippen LogP contribution in [-0.4, -0.2) is 28.3 Å². The van der Waals surface area contributed by atoms with Gasteiger partial charge in [0.15, 0.2) is 5.82 Å². The molecule has 3 rings (SSSR count). The van der Waals surface area contributed by atoms with Gasteiger partial charge in [-0.1, -0.05) is 13.8 Å². The Morgan fingerprint density at radius 1 is 1.32 bits per heavy atom. The number of benzene rings is 1. The van der Waals surface area contributed by atoms with Crippen molar-refractivity contribution in [2.24, 2.45) is 7.05 Å². The first-order valence-corrected chi connectivity index (χ1v) is 7.70. The molecule has 8 heteroatoms. The van der Waals surface area contributed by atoms with Gasteiger partial charge in [-0.3, -0.25) is 19.7 Å². The Balaban J connectivity index is 0.000000847. The van der Waals surface area contributed by atoms with Crippen molar-refractivity contribution in [2.45, 2.75) is 20.3 Å². The second kappa shape index (κ2) is 6.43. The molecule has 0 aliphatic carbocycles. The van der Waals surface area contributed by atoms with Crippen LogP contribution in [0.1, 0.15) is 20.3 Å². The summed E-state index contributed by atoms with van der Waals surface area (Å²) in [5.41, 5.74) is 0.693. The number of hydrogen-bond donors (Lipinski definition) is 1. The van der Waals surface area contributed by atoms with Crippen molar-refractivity contribution in [2.75, 3.05) is 11.4 Å². The lowest BCUT2D eigenvalue weighted by Crippen LogP contribution is -2.49. The molecule has 0 saturated carbocycles. The van der Waals surface area contributed by atoms with E-state index in [1.165, 1.54) is 11.0 Å².